The molecule has 0 amide bonds. The van der Waals surface area contributed by atoms with Gasteiger partial charge in [-0.3, -0.25) is 4.79 Å². The normalized spacial score (nSPS) is 23.5. The van der Waals surface area contributed by atoms with Crippen LogP contribution in [0.2, 0.25) is 0 Å². The smallest absolute Gasteiger partial charge is 0.315 e. The first-order chi connectivity index (χ1) is 19.1. The fourth-order valence-corrected chi connectivity index (χ4v) is 4.45. The summed E-state index contributed by atoms with van der Waals surface area (Å²) in [5.74, 6) is -1.36. The highest BCUT2D eigenvalue weighted by Gasteiger charge is 2.52. The van der Waals surface area contributed by atoms with E-state index in [-0.39, 0.29) is 19.8 Å². The van der Waals surface area contributed by atoms with Crippen molar-refractivity contribution >= 4 is 5.97 Å². The number of benzene rings is 3. The van der Waals surface area contributed by atoms with Crippen LogP contribution in [0.25, 0.3) is 10.4 Å². The molecule has 0 bridgehead atoms. The van der Waals surface area contributed by atoms with Gasteiger partial charge in [-0.15, -0.1) is 0 Å². The van der Waals surface area contributed by atoms with E-state index in [1.165, 1.54) is 7.11 Å². The second-order valence-corrected chi connectivity index (χ2v) is 8.98. The van der Waals surface area contributed by atoms with Crippen LogP contribution in [0.4, 0.5) is 0 Å². The van der Waals surface area contributed by atoms with Crippen molar-refractivity contribution in [3.8, 4) is 0 Å². The van der Waals surface area contributed by atoms with Gasteiger partial charge < -0.3 is 28.8 Å². The Balaban J connectivity index is 1.69. The molecule has 10 nitrogen and oxygen atoms in total. The number of carboxylic acids is 1. The Morgan fingerprint density at radius 3 is 1.67 bits per heavy atom. The van der Waals surface area contributed by atoms with Crippen molar-refractivity contribution in [2.75, 3.05) is 7.11 Å². The van der Waals surface area contributed by atoms with Gasteiger partial charge >= 0.3 is 5.97 Å². The molecule has 1 aliphatic rings. The predicted molar refractivity (Wildman–Crippen MR) is 141 cm³/mol. The van der Waals surface area contributed by atoms with Gasteiger partial charge in [0.1, 0.15) is 24.4 Å². The first-order valence-corrected chi connectivity index (χ1v) is 12.5. The van der Waals surface area contributed by atoms with Crippen molar-refractivity contribution in [2.24, 2.45) is 5.11 Å². The van der Waals surface area contributed by atoms with Crippen molar-refractivity contribution in [1.29, 1.82) is 0 Å². The molecule has 1 aliphatic heterocycles. The summed E-state index contributed by atoms with van der Waals surface area (Å²) in [6.07, 6.45) is -4.85. The van der Waals surface area contributed by atoms with E-state index >= 15 is 0 Å². The van der Waals surface area contributed by atoms with Gasteiger partial charge in [0.15, 0.2) is 12.3 Å². The lowest BCUT2D eigenvalue weighted by molar-refractivity contribution is -0.319. The van der Waals surface area contributed by atoms with Gasteiger partial charge in [0.05, 0.1) is 19.8 Å². The highest BCUT2D eigenvalue weighted by molar-refractivity contribution is 5.74. The number of methoxy groups -OCH3 is 1. The molecule has 0 radical (unpaired) electrons. The fraction of sp³-hybridized carbons (Fsp3) is 0.345. The van der Waals surface area contributed by atoms with Crippen LogP contribution in [0.1, 0.15) is 16.7 Å². The van der Waals surface area contributed by atoms with Crippen LogP contribution in [-0.4, -0.2) is 54.9 Å². The molecule has 3 aromatic rings. The Morgan fingerprint density at radius 2 is 1.26 bits per heavy atom. The lowest BCUT2D eigenvalue weighted by atomic mass is 9.93. The number of carbonyl (C=O) groups is 1. The molecule has 4 rings (SSSR count). The minimum atomic E-state index is -1.59. The zero-order valence-electron chi connectivity index (χ0n) is 21.5. The summed E-state index contributed by atoms with van der Waals surface area (Å²) >= 11 is 0. The lowest BCUT2D eigenvalue weighted by Crippen LogP contribution is -2.63. The molecule has 3 aromatic carbocycles. The van der Waals surface area contributed by atoms with E-state index in [9.17, 15) is 9.90 Å². The van der Waals surface area contributed by atoms with Crippen LogP contribution in [-0.2, 0) is 48.3 Å². The lowest BCUT2D eigenvalue weighted by Gasteiger charge is -2.46. The zero-order valence-corrected chi connectivity index (χ0v) is 21.5. The van der Waals surface area contributed by atoms with E-state index < -0.39 is 42.7 Å². The molecule has 1 N–H and O–H groups in total. The van der Waals surface area contributed by atoms with Crippen LogP contribution < -0.4 is 0 Å². The van der Waals surface area contributed by atoms with Gasteiger partial charge in [-0.2, -0.15) is 0 Å². The second kappa shape index (κ2) is 14.4. The Bertz CT molecular complexity index is 1210. The minimum absolute atomic E-state index is 0.141. The second-order valence-electron chi connectivity index (χ2n) is 8.98. The van der Waals surface area contributed by atoms with E-state index in [0.29, 0.717) is 0 Å². The number of rotatable bonds is 13. The van der Waals surface area contributed by atoms with Crippen LogP contribution >= 0.6 is 0 Å². The van der Waals surface area contributed by atoms with Crippen LogP contribution in [0.5, 0.6) is 0 Å². The monoisotopic (exact) mass is 533 g/mol. The topological polar surface area (TPSA) is 132 Å². The molecule has 1 heterocycles. The predicted octanol–water partition coefficient (Wildman–Crippen LogP) is 4.88. The van der Waals surface area contributed by atoms with Gasteiger partial charge in [0.25, 0.3) is 0 Å². The van der Waals surface area contributed by atoms with Gasteiger partial charge in [0, 0.05) is 12.0 Å². The summed E-state index contributed by atoms with van der Waals surface area (Å²) in [6.45, 7) is 0.571. The van der Waals surface area contributed by atoms with Crippen molar-refractivity contribution in [3.05, 3.63) is 118 Å². The summed E-state index contributed by atoms with van der Waals surface area (Å²) in [5.41, 5.74) is 11.8. The van der Waals surface area contributed by atoms with E-state index in [4.69, 9.17) is 29.2 Å². The minimum Gasteiger partial charge on any atom is -0.481 e. The molecule has 0 saturated carbocycles. The molecule has 0 unspecified atom stereocenters. The maximum atomic E-state index is 12.2. The van der Waals surface area contributed by atoms with Gasteiger partial charge in [-0.25, -0.2) is 0 Å². The van der Waals surface area contributed by atoms with Crippen molar-refractivity contribution < 1.29 is 33.6 Å². The van der Waals surface area contributed by atoms with Gasteiger partial charge in [0.2, 0.25) is 0 Å². The molecule has 0 aromatic heterocycles. The summed E-state index contributed by atoms with van der Waals surface area (Å²) in [4.78, 5) is 14.9. The average Bonchev–Trinajstić information content (AvgIpc) is 2.98. The van der Waals surface area contributed by atoms with Crippen molar-refractivity contribution in [2.45, 2.75) is 56.6 Å². The third kappa shape index (κ3) is 7.64. The molecule has 204 valence electrons. The molecule has 10 heteroatoms. The summed E-state index contributed by atoms with van der Waals surface area (Å²) < 4.78 is 30.7. The maximum Gasteiger partial charge on any atom is 0.315 e. The van der Waals surface area contributed by atoms with E-state index in [1.54, 1.807) is 0 Å². The Kier molecular flexibility index (Phi) is 10.4. The summed E-state index contributed by atoms with van der Waals surface area (Å²) in [7, 11) is 1.43. The number of nitrogens with zero attached hydrogens (tertiary/aromatic N) is 3. The number of aliphatic carboxylic acids is 1. The quantitative estimate of drug-likeness (QED) is 0.188. The molecule has 39 heavy (non-hydrogen) atoms. The third-order valence-electron chi connectivity index (χ3n) is 6.36. The van der Waals surface area contributed by atoms with Gasteiger partial charge in [-0.05, 0) is 22.2 Å². The fourth-order valence-electron chi connectivity index (χ4n) is 4.45. The average molecular weight is 534 g/mol. The molecule has 6 atom stereocenters. The highest BCUT2D eigenvalue weighted by atomic mass is 16.7. The van der Waals surface area contributed by atoms with Crippen molar-refractivity contribution in [3.63, 3.8) is 0 Å². The Morgan fingerprint density at radius 1 is 0.821 bits per heavy atom. The van der Waals surface area contributed by atoms with E-state index in [2.05, 4.69) is 10.0 Å². The van der Waals surface area contributed by atoms with Crippen molar-refractivity contribution in [1.82, 2.24) is 0 Å². The standard InChI is InChI=1S/C29H31N3O7/c1-35-29-27(38-19-22-15-9-4-10-16-22)26(37-18-21-13-7-3-8-14-21)25(36-17-20-11-5-2-6-12-20)24(39-29)23(28(33)34)31-32-30/h2-16,23-27,29H,17-19H2,1H3,(H,33,34)/t23-,24-,25-,26+,27-,29+/m1/s1. The SMILES string of the molecule is CO[C@H]1O[C@H]([C@@H](N=[N+]=[N-])C(=O)O)[C@@H](OCc2ccccc2)[C@H](OCc2ccccc2)[C@H]1OCc1ccccc1. The maximum absolute atomic E-state index is 12.2. The number of ether oxygens (including phenoxy) is 5. The number of hydrogen-bond acceptors (Lipinski definition) is 7. The highest BCUT2D eigenvalue weighted by Crippen LogP contribution is 2.33. The largest absolute Gasteiger partial charge is 0.481 e. The molecular formula is C29H31N3O7. The molecule has 0 spiro atoms. The molecular weight excluding hydrogens is 502 g/mol. The number of carboxylic acid groups (broad SMARTS) is 1. The summed E-state index contributed by atoms with van der Waals surface area (Å²) in [5, 5.41) is 13.4. The number of hydrogen-bond donors (Lipinski definition) is 1. The van der Waals surface area contributed by atoms with E-state index in [0.717, 1.165) is 16.7 Å². The summed E-state index contributed by atoms with van der Waals surface area (Å²) in [6, 6.07) is 27.0. The molecule has 0 aliphatic carbocycles. The molecule has 1 saturated heterocycles. The number of azide groups is 1. The Hall–Kier alpha value is -3.76. The zero-order chi connectivity index (χ0) is 27.5. The van der Waals surface area contributed by atoms with Crippen LogP contribution in [0.15, 0.2) is 96.1 Å². The Labute approximate surface area is 226 Å². The van der Waals surface area contributed by atoms with Crippen LogP contribution in [0, 0.1) is 0 Å². The van der Waals surface area contributed by atoms with Crippen LogP contribution in [0.3, 0.4) is 0 Å². The first kappa shape index (κ1) is 28.3. The van der Waals surface area contributed by atoms with Gasteiger partial charge in [-0.1, -0.05) is 96.1 Å². The third-order valence-corrected chi connectivity index (χ3v) is 6.36. The van der Waals surface area contributed by atoms with E-state index in [1.807, 2.05) is 91.0 Å². The molecule has 1 fully saturated rings. The first-order valence-electron chi connectivity index (χ1n) is 12.5.